The number of rotatable bonds is 3. The Morgan fingerprint density at radius 3 is 2.79 bits per heavy atom. The highest BCUT2D eigenvalue weighted by atomic mass is 19.1. The van der Waals surface area contributed by atoms with Crippen LogP contribution in [0.2, 0.25) is 0 Å². The van der Waals surface area contributed by atoms with Gasteiger partial charge in [0.05, 0.1) is 11.3 Å². The number of fused-ring (bicyclic) bond motifs is 1. The molecule has 19 heavy (non-hydrogen) atoms. The Labute approximate surface area is 103 Å². The minimum atomic E-state index is -1.15. The van der Waals surface area contributed by atoms with Crippen LogP contribution in [0, 0.1) is 15.9 Å². The second-order valence-electron chi connectivity index (χ2n) is 3.62. The van der Waals surface area contributed by atoms with E-state index in [0.717, 1.165) is 6.07 Å². The number of primary amides is 1. The number of nitro groups is 1. The number of nitro benzene ring substituents is 1. The second kappa shape index (κ2) is 4.44. The van der Waals surface area contributed by atoms with Crippen molar-refractivity contribution < 1.29 is 18.5 Å². The van der Waals surface area contributed by atoms with Crippen molar-refractivity contribution >= 4 is 22.7 Å². The minimum Gasteiger partial charge on any atom is -0.420 e. The van der Waals surface area contributed by atoms with E-state index in [2.05, 4.69) is 4.98 Å². The Hall–Kier alpha value is -2.84. The van der Waals surface area contributed by atoms with Gasteiger partial charge < -0.3 is 10.2 Å². The van der Waals surface area contributed by atoms with E-state index in [-0.39, 0.29) is 16.8 Å². The molecule has 1 aromatic heterocycles. The molecule has 1 aromatic carbocycles. The third-order valence-electron chi connectivity index (χ3n) is 2.26. The first-order valence-electron chi connectivity index (χ1n) is 4.94. The SMILES string of the molecule is NC(=O)Cc1nc2cc([N+](=O)[O-])c(F)cc2oc1=O. The molecular weight excluding hydrogens is 261 g/mol. The van der Waals surface area contributed by atoms with Gasteiger partial charge in [0.1, 0.15) is 11.2 Å². The lowest BCUT2D eigenvalue weighted by atomic mass is 10.2. The molecule has 0 aliphatic rings. The third kappa shape index (κ3) is 2.39. The number of hydrogen-bond acceptors (Lipinski definition) is 6. The van der Waals surface area contributed by atoms with Crippen LogP contribution in [0.25, 0.3) is 11.1 Å². The van der Waals surface area contributed by atoms with Gasteiger partial charge in [0.15, 0.2) is 5.58 Å². The lowest BCUT2D eigenvalue weighted by Gasteiger charge is -2.00. The lowest BCUT2D eigenvalue weighted by molar-refractivity contribution is -0.387. The van der Waals surface area contributed by atoms with Crippen molar-refractivity contribution in [1.82, 2.24) is 4.98 Å². The normalized spacial score (nSPS) is 10.6. The summed E-state index contributed by atoms with van der Waals surface area (Å²) in [4.78, 5) is 35.5. The molecule has 0 atom stereocenters. The van der Waals surface area contributed by atoms with E-state index in [1.54, 1.807) is 0 Å². The summed E-state index contributed by atoms with van der Waals surface area (Å²) in [6.07, 6.45) is -0.469. The van der Waals surface area contributed by atoms with Crippen molar-refractivity contribution in [2.45, 2.75) is 6.42 Å². The Balaban J connectivity index is 2.70. The number of aromatic nitrogens is 1. The highest BCUT2D eigenvalue weighted by Gasteiger charge is 2.18. The van der Waals surface area contributed by atoms with Gasteiger partial charge in [-0.1, -0.05) is 0 Å². The molecule has 0 fully saturated rings. The molecule has 0 saturated carbocycles. The van der Waals surface area contributed by atoms with Crippen molar-refractivity contribution in [3.05, 3.63) is 44.2 Å². The third-order valence-corrected chi connectivity index (χ3v) is 2.26. The standard InChI is InChI=1S/C10H6FN3O5/c11-4-1-8-5(2-7(4)14(17)18)13-6(3-9(12)15)10(16)19-8/h1-2H,3H2,(H2,12,15). The maximum Gasteiger partial charge on any atom is 0.358 e. The first-order valence-corrected chi connectivity index (χ1v) is 4.94. The van der Waals surface area contributed by atoms with Crippen molar-refractivity contribution in [2.75, 3.05) is 0 Å². The van der Waals surface area contributed by atoms with Gasteiger partial charge in [0, 0.05) is 12.1 Å². The largest absolute Gasteiger partial charge is 0.420 e. The van der Waals surface area contributed by atoms with Crippen LogP contribution in [0.5, 0.6) is 0 Å². The number of amides is 1. The van der Waals surface area contributed by atoms with Gasteiger partial charge in [-0.2, -0.15) is 4.39 Å². The maximum absolute atomic E-state index is 13.3. The molecule has 1 heterocycles. The number of hydrogen-bond donors (Lipinski definition) is 1. The van der Waals surface area contributed by atoms with Crippen LogP contribution >= 0.6 is 0 Å². The van der Waals surface area contributed by atoms with Gasteiger partial charge in [0.2, 0.25) is 11.7 Å². The molecule has 0 unspecified atom stereocenters. The number of carbonyl (C=O) groups is 1. The summed E-state index contributed by atoms with van der Waals surface area (Å²) >= 11 is 0. The number of nitrogens with zero attached hydrogens (tertiary/aromatic N) is 2. The topological polar surface area (TPSA) is 129 Å². The fourth-order valence-corrected chi connectivity index (χ4v) is 1.47. The highest BCUT2D eigenvalue weighted by molar-refractivity contribution is 5.78. The van der Waals surface area contributed by atoms with E-state index in [1.807, 2.05) is 0 Å². The molecule has 2 rings (SSSR count). The van der Waals surface area contributed by atoms with Crippen molar-refractivity contribution in [3.8, 4) is 0 Å². The number of nitrogens with two attached hydrogens (primary N) is 1. The summed E-state index contributed by atoms with van der Waals surface area (Å²) in [5.41, 5.74) is 2.51. The van der Waals surface area contributed by atoms with Gasteiger partial charge in [-0.05, 0) is 0 Å². The molecular formula is C10H6FN3O5. The quantitative estimate of drug-likeness (QED) is 0.627. The summed E-state index contributed by atoms with van der Waals surface area (Å²) in [6.45, 7) is 0. The fourth-order valence-electron chi connectivity index (χ4n) is 1.47. The summed E-state index contributed by atoms with van der Waals surface area (Å²) in [7, 11) is 0. The van der Waals surface area contributed by atoms with E-state index < -0.39 is 34.4 Å². The summed E-state index contributed by atoms with van der Waals surface area (Å²) in [5, 5.41) is 10.6. The predicted molar refractivity (Wildman–Crippen MR) is 59.8 cm³/mol. The molecule has 0 bridgehead atoms. The van der Waals surface area contributed by atoms with Crippen molar-refractivity contribution in [1.29, 1.82) is 0 Å². The van der Waals surface area contributed by atoms with E-state index in [0.29, 0.717) is 6.07 Å². The zero-order valence-electron chi connectivity index (χ0n) is 9.25. The first-order chi connectivity index (χ1) is 8.88. The van der Waals surface area contributed by atoms with Gasteiger partial charge in [-0.15, -0.1) is 0 Å². The van der Waals surface area contributed by atoms with E-state index >= 15 is 0 Å². The molecule has 2 N–H and O–H groups in total. The number of benzene rings is 1. The molecule has 8 nitrogen and oxygen atoms in total. The predicted octanol–water partition coefficient (Wildman–Crippen LogP) is 0.263. The van der Waals surface area contributed by atoms with E-state index in [9.17, 15) is 24.1 Å². The Bertz CT molecular complexity index is 755. The summed E-state index contributed by atoms with van der Waals surface area (Å²) in [5.74, 6) is -1.96. The van der Waals surface area contributed by atoms with Crippen LogP contribution in [0.3, 0.4) is 0 Å². The molecule has 1 amide bonds. The van der Waals surface area contributed by atoms with Gasteiger partial charge in [-0.25, -0.2) is 9.78 Å². The van der Waals surface area contributed by atoms with Crippen LogP contribution in [0.1, 0.15) is 5.69 Å². The monoisotopic (exact) mass is 267 g/mol. The average molecular weight is 267 g/mol. The van der Waals surface area contributed by atoms with Gasteiger partial charge in [-0.3, -0.25) is 14.9 Å². The molecule has 2 aromatic rings. The zero-order valence-corrected chi connectivity index (χ0v) is 9.25. The Morgan fingerprint density at radius 2 is 2.21 bits per heavy atom. The summed E-state index contributed by atoms with van der Waals surface area (Å²) < 4.78 is 18.0. The van der Waals surface area contributed by atoms with Gasteiger partial charge >= 0.3 is 11.3 Å². The average Bonchev–Trinajstić information content (AvgIpc) is 2.29. The fraction of sp³-hybridized carbons (Fsp3) is 0.100. The molecule has 98 valence electrons. The van der Waals surface area contributed by atoms with Crippen LogP contribution in [-0.2, 0) is 11.2 Å². The second-order valence-corrected chi connectivity index (χ2v) is 3.62. The van der Waals surface area contributed by atoms with Crippen LogP contribution in [0.15, 0.2) is 21.3 Å². The van der Waals surface area contributed by atoms with Crippen molar-refractivity contribution in [3.63, 3.8) is 0 Å². The van der Waals surface area contributed by atoms with Gasteiger partial charge in [0.25, 0.3) is 0 Å². The Kier molecular flexibility index (Phi) is 2.95. The van der Waals surface area contributed by atoms with Crippen LogP contribution in [0.4, 0.5) is 10.1 Å². The van der Waals surface area contributed by atoms with E-state index in [1.165, 1.54) is 0 Å². The van der Waals surface area contributed by atoms with Crippen LogP contribution in [-0.4, -0.2) is 15.8 Å². The number of halogens is 1. The number of carbonyl (C=O) groups excluding carboxylic acids is 1. The Morgan fingerprint density at radius 1 is 1.53 bits per heavy atom. The minimum absolute atomic E-state index is 0.107. The zero-order chi connectivity index (χ0) is 14.2. The van der Waals surface area contributed by atoms with E-state index in [4.69, 9.17) is 10.2 Å². The molecule has 0 spiro atoms. The molecule has 0 saturated heterocycles. The van der Waals surface area contributed by atoms with Crippen LogP contribution < -0.4 is 11.4 Å². The summed E-state index contributed by atoms with van der Waals surface area (Å²) in [6, 6.07) is 1.51. The molecule has 0 aliphatic carbocycles. The molecule has 0 aliphatic heterocycles. The maximum atomic E-state index is 13.3. The molecule has 0 radical (unpaired) electrons. The lowest BCUT2D eigenvalue weighted by Crippen LogP contribution is -2.20. The molecule has 9 heteroatoms. The van der Waals surface area contributed by atoms with Crippen molar-refractivity contribution in [2.24, 2.45) is 5.73 Å². The highest BCUT2D eigenvalue weighted by Crippen LogP contribution is 2.22. The smallest absolute Gasteiger partial charge is 0.358 e. The first kappa shape index (κ1) is 12.6.